The highest BCUT2D eigenvalue weighted by Gasteiger charge is 2.26. The first kappa shape index (κ1) is 20.3. The van der Waals surface area contributed by atoms with Crippen molar-refractivity contribution in [3.63, 3.8) is 0 Å². The third kappa shape index (κ3) is 3.77. The first-order chi connectivity index (χ1) is 15.0. The van der Waals surface area contributed by atoms with Crippen LogP contribution in [0.4, 0.5) is 0 Å². The maximum Gasteiger partial charge on any atom is 0.205 e. The van der Waals surface area contributed by atoms with Gasteiger partial charge in [-0.1, -0.05) is 24.3 Å². The summed E-state index contributed by atoms with van der Waals surface area (Å²) in [5.41, 5.74) is 3.58. The van der Waals surface area contributed by atoms with E-state index in [1.165, 1.54) is 18.6 Å². The van der Waals surface area contributed by atoms with Crippen LogP contribution < -0.4 is 14.2 Å². The topological polar surface area (TPSA) is 87.6 Å². The van der Waals surface area contributed by atoms with E-state index in [1.54, 1.807) is 21.3 Å². The molecule has 0 fully saturated rings. The van der Waals surface area contributed by atoms with Crippen molar-refractivity contribution in [2.75, 3.05) is 21.3 Å². The predicted octanol–water partition coefficient (Wildman–Crippen LogP) is 3.72. The monoisotopic (exact) mass is 416 g/mol. The van der Waals surface area contributed by atoms with Gasteiger partial charge in [0, 0.05) is 18.2 Å². The summed E-state index contributed by atoms with van der Waals surface area (Å²) in [5, 5.41) is 0. The average molecular weight is 416 g/mol. The number of aromatic nitrogens is 2. The van der Waals surface area contributed by atoms with E-state index in [1.807, 2.05) is 36.4 Å². The van der Waals surface area contributed by atoms with Gasteiger partial charge in [-0.05, 0) is 34.9 Å². The molecule has 0 bridgehead atoms. The molecule has 0 saturated carbocycles. The smallest absolute Gasteiger partial charge is 0.205 e. The number of Topliss-reactive ketones (excluding diaryl/α,β-unsaturated/α-hetero) is 1. The summed E-state index contributed by atoms with van der Waals surface area (Å²) in [4.78, 5) is 32.8. The van der Waals surface area contributed by atoms with E-state index in [4.69, 9.17) is 14.2 Å². The summed E-state index contributed by atoms with van der Waals surface area (Å²) < 4.78 is 16.2. The van der Waals surface area contributed by atoms with Crippen LogP contribution in [0.25, 0.3) is 11.1 Å². The fourth-order valence-corrected chi connectivity index (χ4v) is 3.57. The number of benzene rings is 2. The zero-order valence-electron chi connectivity index (χ0n) is 17.3. The van der Waals surface area contributed by atoms with Crippen LogP contribution in [0.15, 0.2) is 60.6 Å². The Hall–Kier alpha value is -4.00. The molecule has 1 aliphatic rings. The van der Waals surface area contributed by atoms with Gasteiger partial charge in [-0.15, -0.1) is 0 Å². The second-order valence-electron chi connectivity index (χ2n) is 6.94. The fraction of sp³-hybridized carbons (Fsp3) is 0.167. The number of carbonyl (C=O) groups excluding carboxylic acids is 2. The van der Waals surface area contributed by atoms with Crippen molar-refractivity contribution < 1.29 is 23.8 Å². The molecule has 0 saturated heterocycles. The predicted molar refractivity (Wildman–Crippen MR) is 114 cm³/mol. The maximum atomic E-state index is 12.7. The van der Waals surface area contributed by atoms with E-state index < -0.39 is 0 Å². The van der Waals surface area contributed by atoms with Crippen molar-refractivity contribution >= 4 is 11.6 Å². The number of methoxy groups -OCH3 is 3. The summed E-state index contributed by atoms with van der Waals surface area (Å²) in [5.74, 6) is 1.17. The number of allylic oxidation sites excluding steroid dienone is 2. The van der Waals surface area contributed by atoms with Gasteiger partial charge in [0.1, 0.15) is 12.0 Å². The number of carbonyl (C=O) groups is 2. The van der Waals surface area contributed by atoms with Crippen LogP contribution in [-0.4, -0.2) is 42.9 Å². The third-order valence-electron chi connectivity index (χ3n) is 5.13. The molecule has 0 radical (unpaired) electrons. The van der Waals surface area contributed by atoms with Crippen LogP contribution in [0.2, 0.25) is 0 Å². The number of ketones is 2. The van der Waals surface area contributed by atoms with Crippen molar-refractivity contribution in [3.8, 4) is 28.4 Å². The van der Waals surface area contributed by atoms with Crippen LogP contribution >= 0.6 is 0 Å². The van der Waals surface area contributed by atoms with Gasteiger partial charge in [-0.2, -0.15) is 0 Å². The minimum Gasteiger partial charge on any atom is -0.493 e. The molecule has 1 heterocycles. The molecule has 0 N–H and O–H groups in total. The molecule has 7 heteroatoms. The molecule has 0 spiro atoms. The van der Waals surface area contributed by atoms with E-state index in [0.717, 1.165) is 16.7 Å². The summed E-state index contributed by atoms with van der Waals surface area (Å²) in [7, 11) is 4.71. The van der Waals surface area contributed by atoms with Crippen molar-refractivity contribution in [3.05, 3.63) is 77.4 Å². The fourth-order valence-electron chi connectivity index (χ4n) is 3.57. The minimum atomic E-state index is -0.277. The highest BCUT2D eigenvalue weighted by atomic mass is 16.5. The third-order valence-corrected chi connectivity index (χ3v) is 5.13. The quantitative estimate of drug-likeness (QED) is 0.605. The highest BCUT2D eigenvalue weighted by molar-refractivity contribution is 6.23. The SMILES string of the molecule is COc1cc(-c2ccc(CC3=CC(=O)c4ncncc4C3=O)cc2)cc(OC)c1OC. The van der Waals surface area contributed by atoms with Crippen LogP contribution in [-0.2, 0) is 6.42 Å². The van der Waals surface area contributed by atoms with Gasteiger partial charge >= 0.3 is 0 Å². The minimum absolute atomic E-state index is 0.154. The Morgan fingerprint density at radius 1 is 0.871 bits per heavy atom. The number of ether oxygens (including phenoxy) is 3. The molecule has 3 aromatic rings. The molecule has 0 amide bonds. The van der Waals surface area contributed by atoms with Gasteiger partial charge < -0.3 is 14.2 Å². The van der Waals surface area contributed by atoms with Crippen molar-refractivity contribution in [2.45, 2.75) is 6.42 Å². The zero-order chi connectivity index (χ0) is 22.0. The lowest BCUT2D eigenvalue weighted by atomic mass is 9.90. The molecule has 7 nitrogen and oxygen atoms in total. The Morgan fingerprint density at radius 3 is 2.16 bits per heavy atom. The largest absolute Gasteiger partial charge is 0.493 e. The van der Waals surface area contributed by atoms with Crippen molar-refractivity contribution in [2.24, 2.45) is 0 Å². The van der Waals surface area contributed by atoms with E-state index >= 15 is 0 Å². The molecule has 2 aromatic carbocycles. The highest BCUT2D eigenvalue weighted by Crippen LogP contribution is 2.41. The summed E-state index contributed by atoms with van der Waals surface area (Å²) >= 11 is 0. The van der Waals surface area contributed by atoms with Crippen molar-refractivity contribution in [1.29, 1.82) is 0 Å². The van der Waals surface area contributed by atoms with E-state index in [0.29, 0.717) is 29.2 Å². The standard InChI is InChI=1S/C24H20N2O5/c1-29-20-10-16(11-21(30-2)24(20)31-3)15-6-4-14(5-7-15)8-17-9-19(27)22-18(23(17)28)12-25-13-26-22/h4-7,9-13H,8H2,1-3H3. The molecule has 0 atom stereocenters. The number of hydrogen-bond acceptors (Lipinski definition) is 7. The number of fused-ring (bicyclic) bond motifs is 1. The lowest BCUT2D eigenvalue weighted by Gasteiger charge is -2.15. The summed E-state index contributed by atoms with van der Waals surface area (Å²) in [6.07, 6.45) is 4.37. The van der Waals surface area contributed by atoms with Crippen molar-refractivity contribution in [1.82, 2.24) is 9.97 Å². The molecule has 0 aliphatic heterocycles. The first-order valence-corrected chi connectivity index (χ1v) is 9.54. The Kier molecular flexibility index (Phi) is 5.49. The molecule has 31 heavy (non-hydrogen) atoms. The van der Waals surface area contributed by atoms with E-state index in [2.05, 4.69) is 9.97 Å². The second kappa shape index (κ2) is 8.39. The van der Waals surface area contributed by atoms with Crippen LogP contribution in [0.3, 0.4) is 0 Å². The average Bonchev–Trinajstić information content (AvgIpc) is 2.81. The van der Waals surface area contributed by atoms with Crippen LogP contribution in [0.1, 0.15) is 26.4 Å². The lowest BCUT2D eigenvalue weighted by Crippen LogP contribution is -2.20. The van der Waals surface area contributed by atoms with Gasteiger partial charge in [-0.3, -0.25) is 9.59 Å². The molecule has 1 aliphatic carbocycles. The Balaban J connectivity index is 1.60. The number of nitrogens with zero attached hydrogens (tertiary/aromatic N) is 2. The molecule has 0 unspecified atom stereocenters. The summed E-state index contributed by atoms with van der Waals surface area (Å²) in [6.45, 7) is 0. The van der Waals surface area contributed by atoms with Gasteiger partial charge in [0.2, 0.25) is 11.5 Å². The van der Waals surface area contributed by atoms with E-state index in [9.17, 15) is 9.59 Å². The second-order valence-corrected chi connectivity index (χ2v) is 6.94. The normalized spacial score (nSPS) is 12.8. The Bertz CT molecular complexity index is 1170. The van der Waals surface area contributed by atoms with Crippen LogP contribution in [0, 0.1) is 0 Å². The molecule has 4 rings (SSSR count). The maximum absolute atomic E-state index is 12.7. The molecule has 156 valence electrons. The van der Waals surface area contributed by atoms with Gasteiger partial charge in [0.15, 0.2) is 17.3 Å². The summed E-state index contributed by atoms with van der Waals surface area (Å²) in [6, 6.07) is 11.5. The molecular formula is C24H20N2O5. The van der Waals surface area contributed by atoms with Gasteiger partial charge in [0.25, 0.3) is 0 Å². The molecule has 1 aromatic heterocycles. The first-order valence-electron chi connectivity index (χ1n) is 9.54. The van der Waals surface area contributed by atoms with Crippen LogP contribution in [0.5, 0.6) is 17.2 Å². The lowest BCUT2D eigenvalue weighted by molar-refractivity contribution is 0.0978. The Morgan fingerprint density at radius 2 is 1.55 bits per heavy atom. The van der Waals surface area contributed by atoms with E-state index in [-0.39, 0.29) is 22.8 Å². The van der Waals surface area contributed by atoms with Gasteiger partial charge in [-0.25, -0.2) is 9.97 Å². The Labute approximate surface area is 179 Å². The van der Waals surface area contributed by atoms with Gasteiger partial charge in [0.05, 0.1) is 26.9 Å². The number of hydrogen-bond donors (Lipinski definition) is 0. The molecular weight excluding hydrogens is 396 g/mol. The zero-order valence-corrected chi connectivity index (χ0v) is 17.3. The number of rotatable bonds is 6.